The van der Waals surface area contributed by atoms with Crippen LogP contribution in [0.2, 0.25) is 0 Å². The van der Waals surface area contributed by atoms with E-state index < -0.39 is 6.10 Å². The molecule has 0 spiro atoms. The number of esters is 1. The molecular formula is C13H18BrNO3. The van der Waals surface area contributed by atoms with Crippen molar-refractivity contribution in [3.8, 4) is 0 Å². The lowest BCUT2D eigenvalue weighted by Crippen LogP contribution is -2.27. The van der Waals surface area contributed by atoms with E-state index in [1.807, 2.05) is 24.3 Å². The van der Waals surface area contributed by atoms with Crippen LogP contribution in [-0.2, 0) is 16.1 Å². The molecule has 1 unspecified atom stereocenters. The van der Waals surface area contributed by atoms with Crippen molar-refractivity contribution in [1.29, 1.82) is 0 Å². The minimum absolute atomic E-state index is 0.246. The largest absolute Gasteiger partial charge is 0.469 e. The third kappa shape index (κ3) is 6.14. The van der Waals surface area contributed by atoms with E-state index in [1.54, 1.807) is 0 Å². The van der Waals surface area contributed by atoms with E-state index in [0.717, 1.165) is 10.0 Å². The summed E-state index contributed by atoms with van der Waals surface area (Å²) in [6, 6.07) is 7.97. The van der Waals surface area contributed by atoms with E-state index in [2.05, 4.69) is 26.0 Å². The van der Waals surface area contributed by atoms with Crippen LogP contribution in [0.4, 0.5) is 0 Å². The maximum atomic E-state index is 10.9. The van der Waals surface area contributed by atoms with Crippen molar-refractivity contribution >= 4 is 21.9 Å². The van der Waals surface area contributed by atoms with Crippen LogP contribution in [0.15, 0.2) is 28.7 Å². The number of benzene rings is 1. The lowest BCUT2D eigenvalue weighted by molar-refractivity contribution is -0.141. The molecule has 0 bridgehead atoms. The van der Waals surface area contributed by atoms with Gasteiger partial charge in [-0.3, -0.25) is 4.79 Å². The Morgan fingerprint density at radius 1 is 1.56 bits per heavy atom. The Balaban J connectivity index is 2.19. The number of nitrogens with one attached hydrogen (secondary N) is 1. The van der Waals surface area contributed by atoms with Gasteiger partial charge in [-0.15, -0.1) is 0 Å². The Morgan fingerprint density at radius 2 is 2.33 bits per heavy atom. The van der Waals surface area contributed by atoms with Gasteiger partial charge in [-0.25, -0.2) is 0 Å². The zero-order valence-corrected chi connectivity index (χ0v) is 11.9. The quantitative estimate of drug-likeness (QED) is 0.754. The van der Waals surface area contributed by atoms with Crippen LogP contribution >= 0.6 is 15.9 Å². The summed E-state index contributed by atoms with van der Waals surface area (Å²) in [5.41, 5.74) is 1.14. The van der Waals surface area contributed by atoms with E-state index in [0.29, 0.717) is 19.5 Å². The molecule has 0 aliphatic heterocycles. The number of rotatable bonds is 7. The fraction of sp³-hybridized carbons (Fsp3) is 0.462. The number of aliphatic hydroxyl groups is 1. The van der Waals surface area contributed by atoms with Crippen LogP contribution in [0.3, 0.4) is 0 Å². The molecule has 1 aromatic carbocycles. The van der Waals surface area contributed by atoms with E-state index >= 15 is 0 Å². The summed E-state index contributed by atoms with van der Waals surface area (Å²) in [7, 11) is 1.35. The maximum Gasteiger partial charge on any atom is 0.305 e. The molecule has 0 heterocycles. The molecule has 18 heavy (non-hydrogen) atoms. The third-order valence-corrected chi connectivity index (χ3v) is 3.00. The second-order valence-corrected chi connectivity index (χ2v) is 4.95. The first-order valence-electron chi connectivity index (χ1n) is 5.82. The van der Waals surface area contributed by atoms with Gasteiger partial charge < -0.3 is 15.2 Å². The SMILES string of the molecule is COC(=O)CCC(O)CNCc1cccc(Br)c1. The zero-order chi connectivity index (χ0) is 13.4. The molecule has 0 amide bonds. The molecule has 2 N–H and O–H groups in total. The maximum absolute atomic E-state index is 10.9. The molecule has 0 aliphatic rings. The standard InChI is InChI=1S/C13H18BrNO3/c1-18-13(17)6-5-12(16)9-15-8-10-3-2-4-11(14)7-10/h2-4,7,12,15-16H,5-6,8-9H2,1H3. The van der Waals surface area contributed by atoms with Crippen molar-refractivity contribution in [1.82, 2.24) is 5.32 Å². The van der Waals surface area contributed by atoms with Crippen LogP contribution < -0.4 is 5.32 Å². The third-order valence-electron chi connectivity index (χ3n) is 2.51. The van der Waals surface area contributed by atoms with Crippen LogP contribution in [0.1, 0.15) is 18.4 Å². The van der Waals surface area contributed by atoms with E-state index in [1.165, 1.54) is 7.11 Å². The minimum atomic E-state index is -0.531. The van der Waals surface area contributed by atoms with Gasteiger partial charge in [0.25, 0.3) is 0 Å². The van der Waals surface area contributed by atoms with Gasteiger partial charge in [-0.1, -0.05) is 28.1 Å². The van der Waals surface area contributed by atoms with Crippen molar-refractivity contribution < 1.29 is 14.6 Å². The second kappa shape index (κ2) is 8.24. The summed E-state index contributed by atoms with van der Waals surface area (Å²) < 4.78 is 5.55. The summed E-state index contributed by atoms with van der Waals surface area (Å²) >= 11 is 3.40. The molecule has 100 valence electrons. The monoisotopic (exact) mass is 315 g/mol. The van der Waals surface area contributed by atoms with Crippen LogP contribution in [0.25, 0.3) is 0 Å². The van der Waals surface area contributed by atoms with E-state index in [4.69, 9.17) is 0 Å². The number of hydrogen-bond acceptors (Lipinski definition) is 4. The molecule has 5 heteroatoms. The fourth-order valence-corrected chi connectivity index (χ4v) is 1.97. The van der Waals surface area contributed by atoms with Gasteiger partial charge in [0.1, 0.15) is 0 Å². The summed E-state index contributed by atoms with van der Waals surface area (Å²) in [6.07, 6.45) is 0.130. The molecule has 0 saturated carbocycles. The molecule has 0 aliphatic carbocycles. The smallest absolute Gasteiger partial charge is 0.305 e. The number of methoxy groups -OCH3 is 1. The van der Waals surface area contributed by atoms with Gasteiger partial charge >= 0.3 is 5.97 Å². The number of hydrogen-bond donors (Lipinski definition) is 2. The topological polar surface area (TPSA) is 58.6 Å². The first-order chi connectivity index (χ1) is 8.61. The van der Waals surface area contributed by atoms with Crippen LogP contribution in [-0.4, -0.2) is 30.8 Å². The molecule has 1 atom stereocenters. The van der Waals surface area contributed by atoms with Crippen LogP contribution in [0.5, 0.6) is 0 Å². The highest BCUT2D eigenvalue weighted by atomic mass is 79.9. The molecular weight excluding hydrogens is 298 g/mol. The Kier molecular flexibility index (Phi) is 6.93. The van der Waals surface area contributed by atoms with Crippen molar-refractivity contribution in [3.05, 3.63) is 34.3 Å². The van der Waals surface area contributed by atoms with Gasteiger partial charge in [-0.2, -0.15) is 0 Å². The number of carbonyl (C=O) groups excluding carboxylic acids is 1. The highest BCUT2D eigenvalue weighted by molar-refractivity contribution is 9.10. The van der Waals surface area contributed by atoms with Gasteiger partial charge in [-0.05, 0) is 24.1 Å². The van der Waals surface area contributed by atoms with Crippen molar-refractivity contribution in [3.63, 3.8) is 0 Å². The Bertz CT molecular complexity index is 384. The molecule has 0 fully saturated rings. The first-order valence-corrected chi connectivity index (χ1v) is 6.61. The van der Waals surface area contributed by atoms with Crippen LogP contribution in [0, 0.1) is 0 Å². The van der Waals surface area contributed by atoms with Crippen molar-refractivity contribution in [2.24, 2.45) is 0 Å². The van der Waals surface area contributed by atoms with Crippen molar-refractivity contribution in [2.45, 2.75) is 25.5 Å². The highest BCUT2D eigenvalue weighted by Crippen LogP contribution is 2.11. The predicted octanol–water partition coefficient (Wildman–Crippen LogP) is 1.85. The number of aliphatic hydroxyl groups excluding tert-OH is 1. The Morgan fingerprint density at radius 3 is 3.00 bits per heavy atom. The average molecular weight is 316 g/mol. The minimum Gasteiger partial charge on any atom is -0.469 e. The van der Waals surface area contributed by atoms with Crippen molar-refractivity contribution in [2.75, 3.05) is 13.7 Å². The number of carbonyl (C=O) groups is 1. The molecule has 0 radical (unpaired) electrons. The summed E-state index contributed by atoms with van der Waals surface area (Å²) in [4.78, 5) is 10.9. The van der Waals surface area contributed by atoms with Gasteiger partial charge in [0.05, 0.1) is 13.2 Å². The fourth-order valence-electron chi connectivity index (χ4n) is 1.52. The normalized spacial score (nSPS) is 12.2. The average Bonchev–Trinajstić information content (AvgIpc) is 2.36. The summed E-state index contributed by atoms with van der Waals surface area (Å²) in [6.45, 7) is 1.15. The summed E-state index contributed by atoms with van der Waals surface area (Å²) in [5.74, 6) is -0.291. The predicted molar refractivity (Wildman–Crippen MR) is 73.1 cm³/mol. The van der Waals surface area contributed by atoms with E-state index in [9.17, 15) is 9.90 Å². The summed E-state index contributed by atoms with van der Waals surface area (Å²) in [5, 5.41) is 12.8. The molecule has 0 aromatic heterocycles. The zero-order valence-electron chi connectivity index (χ0n) is 10.4. The lowest BCUT2D eigenvalue weighted by Gasteiger charge is -2.11. The first kappa shape index (κ1) is 15.1. The molecule has 1 aromatic rings. The van der Waals surface area contributed by atoms with Gasteiger partial charge in [0, 0.05) is 24.0 Å². The Hall–Kier alpha value is -0.910. The lowest BCUT2D eigenvalue weighted by atomic mass is 10.2. The van der Waals surface area contributed by atoms with Gasteiger partial charge in [0.15, 0.2) is 0 Å². The second-order valence-electron chi connectivity index (χ2n) is 4.03. The molecule has 4 nitrogen and oxygen atoms in total. The number of ether oxygens (including phenoxy) is 1. The van der Waals surface area contributed by atoms with Gasteiger partial charge in [0.2, 0.25) is 0 Å². The van der Waals surface area contributed by atoms with E-state index in [-0.39, 0.29) is 12.4 Å². The highest BCUT2D eigenvalue weighted by Gasteiger charge is 2.07. The molecule has 0 saturated heterocycles. The Labute approximate surface area is 115 Å². The number of halogens is 1. The molecule has 1 rings (SSSR count).